The fourth-order valence-electron chi connectivity index (χ4n) is 1.44. The highest BCUT2D eigenvalue weighted by atomic mass is 35.5. The predicted molar refractivity (Wildman–Crippen MR) is 70.0 cm³/mol. The first-order chi connectivity index (χ1) is 7.72. The Balaban J connectivity index is 2.34. The number of hydrogen-bond donors (Lipinski definition) is 0. The van der Waals surface area contributed by atoms with Gasteiger partial charge in [0.05, 0.1) is 12.5 Å². The van der Waals surface area contributed by atoms with Crippen molar-refractivity contribution in [3.8, 4) is 5.75 Å². The van der Waals surface area contributed by atoms with Gasteiger partial charge in [-0.15, -0.1) is 11.6 Å². The van der Waals surface area contributed by atoms with E-state index in [1.54, 1.807) is 24.5 Å². The van der Waals surface area contributed by atoms with Crippen LogP contribution in [0.3, 0.4) is 0 Å². The summed E-state index contributed by atoms with van der Waals surface area (Å²) in [4.78, 5) is 0. The van der Waals surface area contributed by atoms with E-state index in [2.05, 4.69) is 0 Å². The summed E-state index contributed by atoms with van der Waals surface area (Å²) < 4.78 is 5.09. The molecule has 0 saturated heterocycles. The van der Waals surface area contributed by atoms with Crippen LogP contribution < -0.4 is 4.74 Å². The number of thiophene rings is 1. The van der Waals surface area contributed by atoms with Gasteiger partial charge in [0.2, 0.25) is 0 Å². The van der Waals surface area contributed by atoms with E-state index in [0.29, 0.717) is 5.02 Å². The summed E-state index contributed by atoms with van der Waals surface area (Å²) >= 11 is 14.1. The van der Waals surface area contributed by atoms with Gasteiger partial charge in [-0.1, -0.05) is 17.7 Å². The van der Waals surface area contributed by atoms with Gasteiger partial charge in [-0.2, -0.15) is 11.3 Å². The van der Waals surface area contributed by atoms with Crippen LogP contribution in [0.1, 0.15) is 16.5 Å². The lowest BCUT2D eigenvalue weighted by Crippen LogP contribution is -1.93. The van der Waals surface area contributed by atoms with Crippen molar-refractivity contribution in [2.75, 3.05) is 7.11 Å². The maximum atomic E-state index is 6.36. The second-order valence-corrected chi connectivity index (χ2v) is 4.93. The summed E-state index contributed by atoms with van der Waals surface area (Å²) in [5, 5.41) is 4.45. The fraction of sp³-hybridized carbons (Fsp3) is 0.167. The van der Waals surface area contributed by atoms with E-state index < -0.39 is 0 Å². The van der Waals surface area contributed by atoms with Gasteiger partial charge in [0.15, 0.2) is 0 Å². The molecule has 0 saturated carbocycles. The van der Waals surface area contributed by atoms with Gasteiger partial charge in [0, 0.05) is 5.02 Å². The zero-order valence-corrected chi connectivity index (χ0v) is 10.9. The van der Waals surface area contributed by atoms with E-state index in [4.69, 9.17) is 27.9 Å². The Morgan fingerprint density at radius 1 is 1.31 bits per heavy atom. The highest BCUT2D eigenvalue weighted by molar-refractivity contribution is 7.08. The first-order valence-corrected chi connectivity index (χ1v) is 6.47. The van der Waals surface area contributed by atoms with Crippen molar-refractivity contribution in [3.05, 3.63) is 51.2 Å². The summed E-state index contributed by atoms with van der Waals surface area (Å²) in [6, 6.07) is 7.54. The number of benzene rings is 1. The van der Waals surface area contributed by atoms with E-state index in [-0.39, 0.29) is 5.38 Å². The van der Waals surface area contributed by atoms with Crippen molar-refractivity contribution in [2.45, 2.75) is 5.38 Å². The highest BCUT2D eigenvalue weighted by Gasteiger charge is 2.14. The molecule has 1 nitrogen and oxygen atoms in total. The number of rotatable bonds is 3. The lowest BCUT2D eigenvalue weighted by Gasteiger charge is -2.11. The molecule has 0 amide bonds. The number of alkyl halides is 1. The van der Waals surface area contributed by atoms with Crippen LogP contribution in [0.4, 0.5) is 0 Å². The molecule has 2 rings (SSSR count). The van der Waals surface area contributed by atoms with Gasteiger partial charge < -0.3 is 4.74 Å². The maximum absolute atomic E-state index is 6.36. The van der Waals surface area contributed by atoms with Crippen LogP contribution in [0.2, 0.25) is 5.02 Å². The minimum absolute atomic E-state index is 0.204. The van der Waals surface area contributed by atoms with Crippen LogP contribution in [0.25, 0.3) is 0 Å². The normalized spacial score (nSPS) is 12.4. The third kappa shape index (κ3) is 2.34. The predicted octanol–water partition coefficient (Wildman–Crippen LogP) is 4.74. The molecule has 0 spiro atoms. The molecule has 0 N–H and O–H groups in total. The molecule has 0 bridgehead atoms. The van der Waals surface area contributed by atoms with Crippen molar-refractivity contribution in [1.29, 1.82) is 0 Å². The third-order valence-corrected chi connectivity index (χ3v) is 3.83. The first kappa shape index (κ1) is 11.8. The Morgan fingerprint density at radius 3 is 2.69 bits per heavy atom. The molecule has 1 unspecified atom stereocenters. The minimum atomic E-state index is -0.204. The molecular weight excluding hydrogens is 263 g/mol. The van der Waals surface area contributed by atoms with E-state index >= 15 is 0 Å². The van der Waals surface area contributed by atoms with Gasteiger partial charge >= 0.3 is 0 Å². The highest BCUT2D eigenvalue weighted by Crippen LogP contribution is 2.36. The second kappa shape index (κ2) is 5.09. The molecule has 16 heavy (non-hydrogen) atoms. The van der Waals surface area contributed by atoms with Crippen LogP contribution >= 0.6 is 34.5 Å². The van der Waals surface area contributed by atoms with Crippen LogP contribution in [0.5, 0.6) is 5.75 Å². The summed E-state index contributed by atoms with van der Waals surface area (Å²) in [6.07, 6.45) is 0. The molecule has 1 atom stereocenters. The van der Waals surface area contributed by atoms with Crippen LogP contribution in [0.15, 0.2) is 35.0 Å². The summed E-state index contributed by atoms with van der Waals surface area (Å²) in [5.41, 5.74) is 1.97. The smallest absolute Gasteiger partial charge is 0.120 e. The van der Waals surface area contributed by atoms with Crippen molar-refractivity contribution >= 4 is 34.5 Å². The molecule has 4 heteroatoms. The van der Waals surface area contributed by atoms with Gasteiger partial charge in [0.1, 0.15) is 5.75 Å². The fourth-order valence-corrected chi connectivity index (χ4v) is 2.86. The zero-order valence-electron chi connectivity index (χ0n) is 8.61. The zero-order chi connectivity index (χ0) is 11.5. The lowest BCUT2D eigenvalue weighted by molar-refractivity contribution is 0.414. The third-order valence-electron chi connectivity index (χ3n) is 2.32. The van der Waals surface area contributed by atoms with E-state index in [1.165, 1.54) is 0 Å². The Bertz CT molecular complexity index is 468. The van der Waals surface area contributed by atoms with E-state index in [9.17, 15) is 0 Å². The Morgan fingerprint density at radius 2 is 2.12 bits per heavy atom. The van der Waals surface area contributed by atoms with Gasteiger partial charge in [-0.25, -0.2) is 0 Å². The molecule has 0 aliphatic heterocycles. The number of methoxy groups -OCH3 is 1. The van der Waals surface area contributed by atoms with Gasteiger partial charge in [-0.05, 0) is 40.1 Å². The van der Waals surface area contributed by atoms with Crippen molar-refractivity contribution in [1.82, 2.24) is 0 Å². The summed E-state index contributed by atoms with van der Waals surface area (Å²) in [6.45, 7) is 0. The first-order valence-electron chi connectivity index (χ1n) is 4.72. The standard InChI is InChI=1S/C12H10Cl2OS/c1-15-9-2-3-10(11(13)6-9)12(14)8-4-5-16-7-8/h2-7,12H,1H3. The van der Waals surface area contributed by atoms with Crippen LogP contribution in [-0.4, -0.2) is 7.11 Å². The molecule has 0 aliphatic rings. The molecule has 1 heterocycles. The topological polar surface area (TPSA) is 9.23 Å². The van der Waals surface area contributed by atoms with Gasteiger partial charge in [0.25, 0.3) is 0 Å². The average Bonchev–Trinajstić information content (AvgIpc) is 2.81. The van der Waals surface area contributed by atoms with E-state index in [1.807, 2.05) is 29.0 Å². The monoisotopic (exact) mass is 272 g/mol. The van der Waals surface area contributed by atoms with Crippen LogP contribution in [0, 0.1) is 0 Å². The van der Waals surface area contributed by atoms with Crippen molar-refractivity contribution < 1.29 is 4.74 Å². The molecule has 0 aliphatic carbocycles. The van der Waals surface area contributed by atoms with Gasteiger partial charge in [-0.3, -0.25) is 0 Å². The largest absolute Gasteiger partial charge is 0.497 e. The molecule has 84 valence electrons. The second-order valence-electron chi connectivity index (χ2n) is 3.31. The molecular formula is C12H10Cl2OS. The number of hydrogen-bond acceptors (Lipinski definition) is 2. The van der Waals surface area contributed by atoms with E-state index in [0.717, 1.165) is 16.9 Å². The summed E-state index contributed by atoms with van der Waals surface area (Å²) in [5.74, 6) is 0.739. The molecule has 1 aromatic carbocycles. The summed E-state index contributed by atoms with van der Waals surface area (Å²) in [7, 11) is 1.61. The number of ether oxygens (including phenoxy) is 1. The SMILES string of the molecule is COc1ccc(C(Cl)c2ccsc2)c(Cl)c1. The Kier molecular flexibility index (Phi) is 3.74. The molecule has 0 radical (unpaired) electrons. The Labute approximate surface area is 109 Å². The Hall–Kier alpha value is -0.700. The molecule has 2 aromatic rings. The molecule has 1 aromatic heterocycles. The number of halogens is 2. The van der Waals surface area contributed by atoms with Crippen molar-refractivity contribution in [2.24, 2.45) is 0 Å². The quantitative estimate of drug-likeness (QED) is 0.734. The lowest BCUT2D eigenvalue weighted by atomic mass is 10.1. The molecule has 0 fully saturated rings. The maximum Gasteiger partial charge on any atom is 0.120 e. The average molecular weight is 273 g/mol. The minimum Gasteiger partial charge on any atom is -0.497 e. The van der Waals surface area contributed by atoms with Crippen LogP contribution in [-0.2, 0) is 0 Å². The van der Waals surface area contributed by atoms with Crippen molar-refractivity contribution in [3.63, 3.8) is 0 Å².